The number of rotatable bonds is 5. The molecule has 1 aromatic carbocycles. The lowest BCUT2D eigenvalue weighted by atomic mass is 10.2. The van der Waals surface area contributed by atoms with Crippen LogP contribution in [0.5, 0.6) is 5.75 Å². The molecule has 1 heterocycles. The predicted octanol–water partition coefficient (Wildman–Crippen LogP) is 2.02. The molecule has 6 nitrogen and oxygen atoms in total. The van der Waals surface area contributed by atoms with Gasteiger partial charge in [0.25, 0.3) is 0 Å². The topological polar surface area (TPSA) is 75.7 Å². The Morgan fingerprint density at radius 2 is 1.88 bits per heavy atom. The largest absolute Gasteiger partial charge is 0.495 e. The van der Waals surface area contributed by atoms with Gasteiger partial charge in [-0.3, -0.25) is 4.79 Å². The van der Waals surface area contributed by atoms with E-state index >= 15 is 0 Å². The minimum Gasteiger partial charge on any atom is -0.495 e. The SMILES string of the molecule is CNS(=O)(=O)c1cc(/C=C/C(=O)N2CCCCCC2)ccc1OC. The van der Waals surface area contributed by atoms with Gasteiger partial charge in [-0.25, -0.2) is 13.1 Å². The van der Waals surface area contributed by atoms with E-state index in [-0.39, 0.29) is 16.6 Å². The molecule has 7 heteroatoms. The molecule has 0 saturated carbocycles. The maximum atomic E-state index is 12.3. The lowest BCUT2D eigenvalue weighted by Crippen LogP contribution is -2.30. The number of benzene rings is 1. The normalized spacial score (nSPS) is 16.2. The van der Waals surface area contributed by atoms with Crippen molar-refractivity contribution < 1.29 is 17.9 Å². The van der Waals surface area contributed by atoms with Gasteiger partial charge in [0, 0.05) is 19.2 Å². The predicted molar refractivity (Wildman–Crippen MR) is 93.3 cm³/mol. The van der Waals surface area contributed by atoms with Crippen LogP contribution in [0.1, 0.15) is 31.2 Å². The molecule has 24 heavy (non-hydrogen) atoms. The molecule has 0 atom stereocenters. The van der Waals surface area contributed by atoms with Crippen molar-refractivity contribution in [1.29, 1.82) is 0 Å². The quantitative estimate of drug-likeness (QED) is 0.823. The molecule has 0 unspecified atom stereocenters. The zero-order valence-electron chi connectivity index (χ0n) is 14.1. The highest BCUT2D eigenvalue weighted by atomic mass is 32.2. The molecule has 1 N–H and O–H groups in total. The summed E-state index contributed by atoms with van der Waals surface area (Å²) in [5.74, 6) is 0.228. The van der Waals surface area contributed by atoms with Gasteiger partial charge in [-0.2, -0.15) is 0 Å². The second-order valence-electron chi connectivity index (χ2n) is 5.69. The van der Waals surface area contributed by atoms with E-state index < -0.39 is 10.0 Å². The van der Waals surface area contributed by atoms with Crippen LogP contribution in [0.4, 0.5) is 0 Å². The highest BCUT2D eigenvalue weighted by molar-refractivity contribution is 7.89. The first-order valence-electron chi connectivity index (χ1n) is 8.06. The van der Waals surface area contributed by atoms with Crippen LogP contribution >= 0.6 is 0 Å². The van der Waals surface area contributed by atoms with Crippen molar-refractivity contribution in [3.63, 3.8) is 0 Å². The molecule has 132 valence electrons. The number of hydrogen-bond acceptors (Lipinski definition) is 4. The lowest BCUT2D eigenvalue weighted by molar-refractivity contribution is -0.125. The van der Waals surface area contributed by atoms with E-state index in [0.29, 0.717) is 5.56 Å². The number of nitrogens with one attached hydrogen (secondary N) is 1. The van der Waals surface area contributed by atoms with E-state index in [1.54, 1.807) is 18.2 Å². The van der Waals surface area contributed by atoms with Crippen molar-refractivity contribution in [2.45, 2.75) is 30.6 Å². The smallest absolute Gasteiger partial charge is 0.246 e. The first-order valence-corrected chi connectivity index (χ1v) is 9.55. The number of methoxy groups -OCH3 is 1. The number of sulfonamides is 1. The van der Waals surface area contributed by atoms with Crippen LogP contribution in [0.15, 0.2) is 29.2 Å². The van der Waals surface area contributed by atoms with Gasteiger partial charge >= 0.3 is 0 Å². The second kappa shape index (κ2) is 8.30. The van der Waals surface area contributed by atoms with Gasteiger partial charge in [-0.05, 0) is 43.7 Å². The van der Waals surface area contributed by atoms with Crippen LogP contribution in [-0.4, -0.2) is 46.5 Å². The van der Waals surface area contributed by atoms with E-state index in [9.17, 15) is 13.2 Å². The summed E-state index contributed by atoms with van der Waals surface area (Å²) in [6.07, 6.45) is 7.54. The molecule has 0 radical (unpaired) electrons. The fourth-order valence-electron chi connectivity index (χ4n) is 2.68. The Kier molecular flexibility index (Phi) is 6.39. The summed E-state index contributed by atoms with van der Waals surface area (Å²) in [6, 6.07) is 4.80. The number of amides is 1. The van der Waals surface area contributed by atoms with Crippen molar-refractivity contribution in [2.75, 3.05) is 27.2 Å². The van der Waals surface area contributed by atoms with Gasteiger partial charge in [0.1, 0.15) is 10.6 Å². The third-order valence-electron chi connectivity index (χ3n) is 4.08. The summed E-state index contributed by atoms with van der Waals surface area (Å²) in [6.45, 7) is 1.57. The standard InChI is InChI=1S/C17H24N2O4S/c1-18-24(21,22)16-13-14(7-9-15(16)23-2)8-10-17(20)19-11-5-3-4-6-12-19/h7-10,13,18H,3-6,11-12H2,1-2H3/b10-8+. The molecule has 1 amide bonds. The first kappa shape index (κ1) is 18.5. The van der Waals surface area contributed by atoms with Crippen LogP contribution in [-0.2, 0) is 14.8 Å². The van der Waals surface area contributed by atoms with Gasteiger partial charge in [0.15, 0.2) is 0 Å². The molecular weight excluding hydrogens is 328 g/mol. The zero-order valence-corrected chi connectivity index (χ0v) is 14.9. The molecule has 0 bridgehead atoms. The van der Waals surface area contributed by atoms with Crippen LogP contribution in [0.2, 0.25) is 0 Å². The van der Waals surface area contributed by atoms with Crippen molar-refractivity contribution in [3.05, 3.63) is 29.8 Å². The maximum absolute atomic E-state index is 12.3. The third kappa shape index (κ3) is 4.58. The van der Waals surface area contributed by atoms with E-state index in [1.807, 2.05) is 4.90 Å². The summed E-state index contributed by atoms with van der Waals surface area (Å²) in [5, 5.41) is 0. The second-order valence-corrected chi connectivity index (χ2v) is 7.55. The summed E-state index contributed by atoms with van der Waals surface area (Å²) >= 11 is 0. The molecule has 1 saturated heterocycles. The van der Waals surface area contributed by atoms with Gasteiger partial charge in [0.2, 0.25) is 15.9 Å². The Morgan fingerprint density at radius 3 is 2.46 bits per heavy atom. The molecular formula is C17H24N2O4S. The Balaban J connectivity index is 2.20. The van der Waals surface area contributed by atoms with Crippen LogP contribution in [0.25, 0.3) is 6.08 Å². The van der Waals surface area contributed by atoms with E-state index in [4.69, 9.17) is 4.74 Å². The number of likely N-dealkylation sites (tertiary alicyclic amines) is 1. The number of nitrogens with zero attached hydrogens (tertiary/aromatic N) is 1. The Labute approximate surface area is 143 Å². The summed E-state index contributed by atoms with van der Waals surface area (Å²) in [7, 11) is -0.865. The number of ether oxygens (including phenoxy) is 1. The average Bonchev–Trinajstić information content (AvgIpc) is 2.88. The average molecular weight is 352 g/mol. The van der Waals surface area contributed by atoms with Crippen LogP contribution in [0.3, 0.4) is 0 Å². The number of carbonyl (C=O) groups excluding carboxylic acids is 1. The maximum Gasteiger partial charge on any atom is 0.246 e. The fraction of sp³-hybridized carbons (Fsp3) is 0.471. The van der Waals surface area contributed by atoms with Gasteiger partial charge in [0.05, 0.1) is 7.11 Å². The molecule has 1 fully saturated rings. The van der Waals surface area contributed by atoms with E-state index in [0.717, 1.165) is 38.8 Å². The fourth-order valence-corrected chi connectivity index (χ4v) is 3.61. The van der Waals surface area contributed by atoms with Gasteiger partial charge in [-0.15, -0.1) is 0 Å². The molecule has 0 aliphatic carbocycles. The summed E-state index contributed by atoms with van der Waals surface area (Å²) in [4.78, 5) is 14.2. The zero-order chi connectivity index (χ0) is 17.6. The van der Waals surface area contributed by atoms with Crippen LogP contribution in [0, 0.1) is 0 Å². The Hall–Kier alpha value is -1.86. The van der Waals surface area contributed by atoms with E-state index in [2.05, 4.69) is 4.72 Å². The molecule has 0 spiro atoms. The molecule has 1 aliphatic rings. The Morgan fingerprint density at radius 1 is 1.21 bits per heavy atom. The molecule has 1 aliphatic heterocycles. The van der Waals surface area contributed by atoms with E-state index in [1.165, 1.54) is 26.3 Å². The Bertz CT molecular complexity index is 705. The van der Waals surface area contributed by atoms with Gasteiger partial charge < -0.3 is 9.64 Å². The van der Waals surface area contributed by atoms with Crippen LogP contribution < -0.4 is 9.46 Å². The highest BCUT2D eigenvalue weighted by Crippen LogP contribution is 2.25. The summed E-state index contributed by atoms with van der Waals surface area (Å²) in [5.41, 5.74) is 0.632. The molecule has 0 aromatic heterocycles. The first-order chi connectivity index (χ1) is 11.5. The van der Waals surface area contributed by atoms with Gasteiger partial charge in [-0.1, -0.05) is 18.9 Å². The number of carbonyl (C=O) groups is 1. The van der Waals surface area contributed by atoms with Crippen molar-refractivity contribution in [1.82, 2.24) is 9.62 Å². The van der Waals surface area contributed by atoms with Crippen molar-refractivity contribution in [3.8, 4) is 5.75 Å². The summed E-state index contributed by atoms with van der Waals surface area (Å²) < 4.78 is 31.5. The highest BCUT2D eigenvalue weighted by Gasteiger charge is 2.18. The minimum atomic E-state index is -3.63. The third-order valence-corrected chi connectivity index (χ3v) is 5.52. The number of hydrogen-bond donors (Lipinski definition) is 1. The molecule has 1 aromatic rings. The van der Waals surface area contributed by atoms with Crippen molar-refractivity contribution >= 4 is 22.0 Å². The monoisotopic (exact) mass is 352 g/mol. The lowest BCUT2D eigenvalue weighted by Gasteiger charge is -2.18. The minimum absolute atomic E-state index is 0.0364. The molecule has 2 rings (SSSR count). The van der Waals surface area contributed by atoms with Crippen molar-refractivity contribution in [2.24, 2.45) is 0 Å².